The molecule has 3 aromatic rings. The molecule has 0 aliphatic carbocycles. The Bertz CT molecular complexity index is 921. The molecule has 0 fully saturated rings. The van der Waals surface area contributed by atoms with Crippen molar-refractivity contribution in [1.29, 1.82) is 5.26 Å². The molecule has 8 nitrogen and oxygen atoms in total. The third-order valence-electron chi connectivity index (χ3n) is 3.08. The molecule has 0 saturated heterocycles. The van der Waals surface area contributed by atoms with Crippen LogP contribution in [0.3, 0.4) is 0 Å². The van der Waals surface area contributed by atoms with E-state index in [1.807, 2.05) is 30.3 Å². The second-order valence-corrected chi connectivity index (χ2v) is 4.95. The summed E-state index contributed by atoms with van der Waals surface area (Å²) in [6.45, 7) is 0. The predicted octanol–water partition coefficient (Wildman–Crippen LogP) is 2.00. The Balaban J connectivity index is 1.95. The Morgan fingerprint density at radius 2 is 2.04 bits per heavy atom. The van der Waals surface area contributed by atoms with Crippen LogP contribution in [0.1, 0.15) is 11.4 Å². The van der Waals surface area contributed by atoms with Gasteiger partial charge in [-0.2, -0.15) is 25.3 Å². The Morgan fingerprint density at radius 1 is 1.25 bits per heavy atom. The topological polar surface area (TPSA) is 118 Å². The van der Waals surface area contributed by atoms with Crippen LogP contribution in [0.4, 0.5) is 17.6 Å². The number of para-hydroxylation sites is 1. The van der Waals surface area contributed by atoms with Gasteiger partial charge in [0.25, 0.3) is 0 Å². The van der Waals surface area contributed by atoms with E-state index in [1.165, 1.54) is 0 Å². The Labute approximate surface area is 138 Å². The van der Waals surface area contributed by atoms with Gasteiger partial charge in [0.05, 0.1) is 11.8 Å². The van der Waals surface area contributed by atoms with Crippen molar-refractivity contribution >= 4 is 29.2 Å². The Morgan fingerprint density at radius 3 is 2.71 bits per heavy atom. The number of nitrogens with zero attached hydrogens (tertiary/aromatic N) is 6. The summed E-state index contributed by atoms with van der Waals surface area (Å²) < 4.78 is 1.64. The number of nitrogens with two attached hydrogens (primary N) is 1. The fourth-order valence-electron chi connectivity index (χ4n) is 2.05. The van der Waals surface area contributed by atoms with Crippen molar-refractivity contribution in [1.82, 2.24) is 24.7 Å². The van der Waals surface area contributed by atoms with Gasteiger partial charge in [-0.15, -0.1) is 0 Å². The molecule has 0 aliphatic rings. The van der Waals surface area contributed by atoms with Crippen LogP contribution in [0, 0.1) is 11.3 Å². The van der Waals surface area contributed by atoms with Crippen molar-refractivity contribution in [2.24, 2.45) is 7.05 Å². The van der Waals surface area contributed by atoms with Crippen molar-refractivity contribution in [2.75, 3.05) is 11.1 Å². The van der Waals surface area contributed by atoms with Crippen LogP contribution < -0.4 is 11.1 Å². The molecular weight excluding hydrogens is 304 g/mol. The first-order valence-corrected chi connectivity index (χ1v) is 7.08. The summed E-state index contributed by atoms with van der Waals surface area (Å²) in [5.74, 6) is 0.508. The number of nitriles is 1. The highest BCUT2D eigenvalue weighted by molar-refractivity contribution is 5.87. The van der Waals surface area contributed by atoms with E-state index in [1.54, 1.807) is 30.2 Å². The number of hydrogen-bond donors (Lipinski definition) is 2. The lowest BCUT2D eigenvalue weighted by atomic mass is 10.2. The highest BCUT2D eigenvalue weighted by atomic mass is 15.2. The van der Waals surface area contributed by atoms with E-state index in [9.17, 15) is 5.26 Å². The molecule has 0 aliphatic heterocycles. The van der Waals surface area contributed by atoms with E-state index in [-0.39, 0.29) is 23.3 Å². The number of nitrogens with one attached hydrogen (secondary N) is 1. The molecule has 0 radical (unpaired) electrons. The maximum absolute atomic E-state index is 9.41. The lowest BCUT2D eigenvalue weighted by Gasteiger charge is -2.06. The van der Waals surface area contributed by atoms with Crippen LogP contribution in [-0.4, -0.2) is 24.7 Å². The molecule has 0 atom stereocenters. The molecule has 0 saturated carbocycles. The number of anilines is 3. The molecule has 8 heteroatoms. The van der Waals surface area contributed by atoms with Gasteiger partial charge in [-0.1, -0.05) is 18.2 Å². The molecule has 2 heterocycles. The molecule has 1 aromatic carbocycles. The summed E-state index contributed by atoms with van der Waals surface area (Å²) in [7, 11) is 1.80. The first kappa shape index (κ1) is 15.2. The molecule has 3 rings (SSSR count). The lowest BCUT2D eigenvalue weighted by Crippen LogP contribution is -2.06. The predicted molar refractivity (Wildman–Crippen MR) is 90.7 cm³/mol. The van der Waals surface area contributed by atoms with Crippen molar-refractivity contribution in [2.45, 2.75) is 0 Å². The van der Waals surface area contributed by atoms with Crippen molar-refractivity contribution in [3.05, 3.63) is 54.1 Å². The quantitative estimate of drug-likeness (QED) is 0.706. The minimum absolute atomic E-state index is 0.0331. The first-order valence-electron chi connectivity index (χ1n) is 7.08. The van der Waals surface area contributed by atoms with Gasteiger partial charge in [0.15, 0.2) is 5.82 Å². The van der Waals surface area contributed by atoms with Gasteiger partial charge in [0.1, 0.15) is 6.07 Å². The number of benzene rings is 1. The summed E-state index contributed by atoms with van der Waals surface area (Å²) in [5.41, 5.74) is 7.60. The smallest absolute Gasteiger partial charge is 0.232 e. The van der Waals surface area contributed by atoms with Gasteiger partial charge < -0.3 is 11.1 Å². The Hall–Kier alpha value is -3.73. The first-order chi connectivity index (χ1) is 11.6. The van der Waals surface area contributed by atoms with Crippen molar-refractivity contribution < 1.29 is 0 Å². The van der Waals surface area contributed by atoms with Crippen LogP contribution in [0.15, 0.2) is 42.7 Å². The number of rotatable bonds is 4. The molecule has 3 N–H and O–H groups in total. The maximum atomic E-state index is 9.41. The second kappa shape index (κ2) is 6.58. The van der Waals surface area contributed by atoms with E-state index in [2.05, 4.69) is 31.4 Å². The minimum Gasteiger partial charge on any atom is -0.368 e. The number of hydrogen-bond acceptors (Lipinski definition) is 7. The zero-order chi connectivity index (χ0) is 16.9. The summed E-state index contributed by atoms with van der Waals surface area (Å²) in [6, 6.07) is 11.5. The van der Waals surface area contributed by atoms with Gasteiger partial charge in [-0.3, -0.25) is 4.68 Å². The molecule has 0 bridgehead atoms. The monoisotopic (exact) mass is 318 g/mol. The van der Waals surface area contributed by atoms with Crippen LogP contribution in [0.2, 0.25) is 0 Å². The van der Waals surface area contributed by atoms with E-state index < -0.39 is 0 Å². The van der Waals surface area contributed by atoms with E-state index in [0.717, 1.165) is 11.3 Å². The average Bonchev–Trinajstić information content (AvgIpc) is 2.98. The molecule has 0 unspecified atom stereocenters. The van der Waals surface area contributed by atoms with Gasteiger partial charge in [0, 0.05) is 24.5 Å². The maximum Gasteiger partial charge on any atom is 0.232 e. The molecule has 0 amide bonds. The molecule has 24 heavy (non-hydrogen) atoms. The minimum atomic E-state index is 0.0331. The van der Waals surface area contributed by atoms with Gasteiger partial charge >= 0.3 is 0 Å². The van der Waals surface area contributed by atoms with E-state index in [0.29, 0.717) is 0 Å². The SMILES string of the molecule is Cn1cc(/C=C(\C#N)c2nc(N)nc(Nc3ccccc3)n2)cn1. The fourth-order valence-corrected chi connectivity index (χ4v) is 2.05. The third-order valence-corrected chi connectivity index (χ3v) is 3.08. The zero-order valence-electron chi connectivity index (χ0n) is 12.9. The van der Waals surface area contributed by atoms with Crippen LogP contribution in [0.25, 0.3) is 11.6 Å². The molecule has 118 valence electrons. The molecular formula is C16H14N8. The number of aromatic nitrogens is 5. The van der Waals surface area contributed by atoms with Crippen LogP contribution in [-0.2, 0) is 7.05 Å². The van der Waals surface area contributed by atoms with Gasteiger partial charge in [0.2, 0.25) is 11.9 Å². The largest absolute Gasteiger partial charge is 0.368 e. The van der Waals surface area contributed by atoms with Crippen LogP contribution in [0.5, 0.6) is 0 Å². The van der Waals surface area contributed by atoms with Crippen molar-refractivity contribution in [3.8, 4) is 6.07 Å². The average molecular weight is 318 g/mol. The molecule has 0 spiro atoms. The standard InChI is InChI=1S/C16H14N8/c1-24-10-11(9-19-24)7-12(8-17)14-21-15(18)23-16(22-14)20-13-5-3-2-4-6-13/h2-7,9-10H,1H3,(H3,18,20,21,22,23)/b12-7+. The van der Waals surface area contributed by atoms with E-state index >= 15 is 0 Å². The highest BCUT2D eigenvalue weighted by Crippen LogP contribution is 2.18. The summed E-state index contributed by atoms with van der Waals surface area (Å²) in [5, 5.41) is 16.5. The second-order valence-electron chi connectivity index (χ2n) is 4.95. The van der Waals surface area contributed by atoms with Crippen molar-refractivity contribution in [3.63, 3.8) is 0 Å². The summed E-state index contributed by atoms with van der Waals surface area (Å²) >= 11 is 0. The Kier molecular flexibility index (Phi) is 4.16. The zero-order valence-corrected chi connectivity index (χ0v) is 12.9. The van der Waals surface area contributed by atoms with E-state index in [4.69, 9.17) is 5.73 Å². The van der Waals surface area contributed by atoms with Gasteiger partial charge in [-0.25, -0.2) is 0 Å². The normalized spacial score (nSPS) is 11.1. The van der Waals surface area contributed by atoms with Gasteiger partial charge in [-0.05, 0) is 18.2 Å². The summed E-state index contributed by atoms with van der Waals surface area (Å²) in [6.07, 6.45) is 5.07. The summed E-state index contributed by atoms with van der Waals surface area (Å²) in [4.78, 5) is 12.4. The molecule has 2 aromatic heterocycles. The lowest BCUT2D eigenvalue weighted by molar-refractivity contribution is 0.767. The number of nitrogen functional groups attached to an aromatic ring is 1. The fraction of sp³-hybridized carbons (Fsp3) is 0.0625. The highest BCUT2D eigenvalue weighted by Gasteiger charge is 2.10. The number of allylic oxidation sites excluding steroid dienone is 1. The number of aryl methyl sites for hydroxylation is 1. The van der Waals surface area contributed by atoms with Crippen LogP contribution >= 0.6 is 0 Å². The third kappa shape index (κ3) is 3.53.